The summed E-state index contributed by atoms with van der Waals surface area (Å²) in [5, 5.41) is 3.03. The molecule has 0 unspecified atom stereocenters. The van der Waals surface area contributed by atoms with Crippen molar-refractivity contribution in [2.45, 2.75) is 25.4 Å². The van der Waals surface area contributed by atoms with Crippen LogP contribution in [0, 0.1) is 0 Å². The largest absolute Gasteiger partial charge is 0.497 e. The number of nitrogens with one attached hydrogen (secondary N) is 1. The Balaban J connectivity index is 1.60. The molecule has 0 bridgehead atoms. The van der Waals surface area contributed by atoms with E-state index in [0.717, 1.165) is 29.8 Å². The molecule has 1 heterocycles. The molecule has 1 aliphatic heterocycles. The zero-order chi connectivity index (χ0) is 20.8. The van der Waals surface area contributed by atoms with E-state index in [1.54, 1.807) is 7.11 Å². The molecule has 1 saturated heterocycles. The van der Waals surface area contributed by atoms with Gasteiger partial charge in [-0.1, -0.05) is 24.3 Å². The normalized spacial score (nSPS) is 14.9. The van der Waals surface area contributed by atoms with Crippen LogP contribution in [0.5, 0.6) is 5.75 Å². The van der Waals surface area contributed by atoms with Crippen molar-refractivity contribution in [1.82, 2.24) is 15.1 Å². The van der Waals surface area contributed by atoms with Gasteiger partial charge in [-0.3, -0.25) is 9.59 Å². The van der Waals surface area contributed by atoms with Gasteiger partial charge >= 0.3 is 0 Å². The van der Waals surface area contributed by atoms with E-state index in [4.69, 9.17) is 4.74 Å². The number of benzene rings is 2. The van der Waals surface area contributed by atoms with Gasteiger partial charge in [-0.15, -0.1) is 0 Å². The first-order valence-electron chi connectivity index (χ1n) is 9.93. The quantitative estimate of drug-likeness (QED) is 0.747. The highest BCUT2D eigenvalue weighted by Gasteiger charge is 2.20. The molecular weight excluding hydrogens is 366 g/mol. The molecule has 3 rings (SSSR count). The molecule has 1 N–H and O–H groups in total. The number of hydrogen-bond acceptors (Lipinski definition) is 4. The van der Waals surface area contributed by atoms with E-state index in [1.807, 2.05) is 67.5 Å². The number of rotatable bonds is 8. The summed E-state index contributed by atoms with van der Waals surface area (Å²) in [5.74, 6) is 0.899. The van der Waals surface area contributed by atoms with Crippen LogP contribution in [0.25, 0.3) is 0 Å². The molecule has 1 fully saturated rings. The highest BCUT2D eigenvalue weighted by Crippen LogP contribution is 2.22. The summed E-state index contributed by atoms with van der Waals surface area (Å²) in [6, 6.07) is 15.4. The lowest BCUT2D eigenvalue weighted by Gasteiger charge is -2.25. The number of carbonyl (C=O) groups is 2. The third-order valence-electron chi connectivity index (χ3n) is 5.32. The predicted molar refractivity (Wildman–Crippen MR) is 113 cm³/mol. The minimum absolute atomic E-state index is 0.0366. The summed E-state index contributed by atoms with van der Waals surface area (Å²) in [6.07, 6.45) is 1.57. The SMILES string of the molecule is COc1cccc([C@H](CNC(=O)c2ccc(CN3CCCC3=O)cc2)N(C)C)c1. The van der Waals surface area contributed by atoms with Crippen LogP contribution < -0.4 is 10.1 Å². The van der Waals surface area contributed by atoms with Gasteiger partial charge in [0, 0.05) is 31.6 Å². The number of ether oxygens (including phenoxy) is 1. The van der Waals surface area contributed by atoms with Gasteiger partial charge in [-0.25, -0.2) is 0 Å². The third kappa shape index (κ3) is 5.35. The molecule has 0 spiro atoms. The molecule has 1 aliphatic rings. The Morgan fingerprint density at radius 1 is 1.21 bits per heavy atom. The second kappa shape index (κ2) is 9.56. The van der Waals surface area contributed by atoms with E-state index in [0.29, 0.717) is 25.1 Å². The Kier molecular flexibility index (Phi) is 6.88. The fraction of sp³-hybridized carbons (Fsp3) is 0.391. The van der Waals surface area contributed by atoms with Crippen LogP contribution in [0.1, 0.15) is 40.4 Å². The smallest absolute Gasteiger partial charge is 0.251 e. The molecule has 6 heteroatoms. The van der Waals surface area contributed by atoms with Crippen molar-refractivity contribution in [2.24, 2.45) is 0 Å². The minimum Gasteiger partial charge on any atom is -0.497 e. The van der Waals surface area contributed by atoms with Gasteiger partial charge in [0.15, 0.2) is 0 Å². The number of nitrogens with zero attached hydrogens (tertiary/aromatic N) is 2. The summed E-state index contributed by atoms with van der Waals surface area (Å²) in [6.45, 7) is 1.92. The zero-order valence-corrected chi connectivity index (χ0v) is 17.4. The van der Waals surface area contributed by atoms with Crippen LogP contribution in [0.15, 0.2) is 48.5 Å². The Morgan fingerprint density at radius 3 is 2.59 bits per heavy atom. The van der Waals surface area contributed by atoms with Crippen LogP contribution in [0.2, 0.25) is 0 Å². The Hall–Kier alpha value is -2.86. The first-order chi connectivity index (χ1) is 14.0. The maximum Gasteiger partial charge on any atom is 0.251 e. The lowest BCUT2D eigenvalue weighted by Crippen LogP contribution is -2.34. The van der Waals surface area contributed by atoms with E-state index in [-0.39, 0.29) is 17.9 Å². The number of amides is 2. The lowest BCUT2D eigenvalue weighted by molar-refractivity contribution is -0.128. The van der Waals surface area contributed by atoms with E-state index in [9.17, 15) is 9.59 Å². The first kappa shape index (κ1) is 20.9. The molecule has 29 heavy (non-hydrogen) atoms. The van der Waals surface area contributed by atoms with Crippen molar-refractivity contribution in [1.29, 1.82) is 0 Å². The van der Waals surface area contributed by atoms with Gasteiger partial charge in [0.2, 0.25) is 5.91 Å². The average molecular weight is 396 g/mol. The summed E-state index contributed by atoms with van der Waals surface area (Å²) in [5.41, 5.74) is 2.74. The Labute approximate surface area is 172 Å². The maximum atomic E-state index is 12.6. The molecule has 0 radical (unpaired) electrons. The number of hydrogen-bond donors (Lipinski definition) is 1. The second-order valence-electron chi connectivity index (χ2n) is 7.58. The Bertz CT molecular complexity index is 849. The second-order valence-corrected chi connectivity index (χ2v) is 7.58. The number of likely N-dealkylation sites (N-methyl/N-ethyl adjacent to an activating group) is 1. The van der Waals surface area contributed by atoms with Crippen LogP contribution >= 0.6 is 0 Å². The van der Waals surface area contributed by atoms with Gasteiger partial charge in [0.05, 0.1) is 13.2 Å². The van der Waals surface area contributed by atoms with Crippen LogP contribution in [0.4, 0.5) is 0 Å². The minimum atomic E-state index is -0.108. The number of carbonyl (C=O) groups excluding carboxylic acids is 2. The van der Waals surface area contributed by atoms with Crippen molar-refractivity contribution in [3.63, 3.8) is 0 Å². The van der Waals surface area contributed by atoms with Crippen molar-refractivity contribution in [3.05, 3.63) is 65.2 Å². The van der Waals surface area contributed by atoms with E-state index in [2.05, 4.69) is 10.2 Å². The standard InChI is InChI=1S/C23H29N3O3/c1-25(2)21(19-6-4-7-20(14-19)29-3)15-24-23(28)18-11-9-17(10-12-18)16-26-13-5-8-22(26)27/h4,6-7,9-12,14,21H,5,8,13,15-16H2,1-3H3,(H,24,28)/t21-/m0/s1. The maximum absolute atomic E-state index is 12.6. The summed E-state index contributed by atoms with van der Waals surface area (Å²) < 4.78 is 5.31. The molecule has 154 valence electrons. The van der Waals surface area contributed by atoms with Crippen molar-refractivity contribution in [3.8, 4) is 5.75 Å². The fourth-order valence-corrected chi connectivity index (χ4v) is 3.59. The molecule has 1 atom stereocenters. The number of methoxy groups -OCH3 is 1. The molecule has 0 aromatic heterocycles. The van der Waals surface area contributed by atoms with Crippen LogP contribution in [-0.4, -0.2) is 55.9 Å². The van der Waals surface area contributed by atoms with E-state index < -0.39 is 0 Å². The molecule has 2 amide bonds. The van der Waals surface area contributed by atoms with Gasteiger partial charge in [-0.2, -0.15) is 0 Å². The third-order valence-corrected chi connectivity index (χ3v) is 5.32. The lowest BCUT2D eigenvalue weighted by atomic mass is 10.1. The molecule has 0 saturated carbocycles. The summed E-state index contributed by atoms with van der Waals surface area (Å²) in [4.78, 5) is 28.3. The van der Waals surface area contributed by atoms with Gasteiger partial charge < -0.3 is 19.9 Å². The number of likely N-dealkylation sites (tertiary alicyclic amines) is 1. The summed E-state index contributed by atoms with van der Waals surface area (Å²) in [7, 11) is 5.63. The van der Waals surface area contributed by atoms with E-state index >= 15 is 0 Å². The molecule has 2 aromatic carbocycles. The van der Waals surface area contributed by atoms with Crippen molar-refractivity contribution < 1.29 is 14.3 Å². The highest BCUT2D eigenvalue weighted by atomic mass is 16.5. The van der Waals surface area contributed by atoms with Crippen LogP contribution in [-0.2, 0) is 11.3 Å². The zero-order valence-electron chi connectivity index (χ0n) is 17.4. The van der Waals surface area contributed by atoms with Crippen molar-refractivity contribution >= 4 is 11.8 Å². The van der Waals surface area contributed by atoms with Crippen molar-refractivity contribution in [2.75, 3.05) is 34.3 Å². The van der Waals surface area contributed by atoms with Gasteiger partial charge in [0.25, 0.3) is 5.91 Å². The molecular formula is C23H29N3O3. The Morgan fingerprint density at radius 2 is 1.97 bits per heavy atom. The van der Waals surface area contributed by atoms with Gasteiger partial charge in [-0.05, 0) is 55.9 Å². The van der Waals surface area contributed by atoms with Crippen LogP contribution in [0.3, 0.4) is 0 Å². The average Bonchev–Trinajstić information content (AvgIpc) is 3.13. The first-order valence-corrected chi connectivity index (χ1v) is 9.93. The molecule has 0 aliphatic carbocycles. The summed E-state index contributed by atoms with van der Waals surface area (Å²) >= 11 is 0. The van der Waals surface area contributed by atoms with E-state index in [1.165, 1.54) is 0 Å². The molecule has 6 nitrogen and oxygen atoms in total. The highest BCUT2D eigenvalue weighted by molar-refractivity contribution is 5.94. The molecule has 2 aromatic rings. The predicted octanol–water partition coefficient (Wildman–Crippen LogP) is 2.85. The topological polar surface area (TPSA) is 61.9 Å². The monoisotopic (exact) mass is 395 g/mol. The van der Waals surface area contributed by atoms with Gasteiger partial charge in [0.1, 0.15) is 5.75 Å². The fourth-order valence-electron chi connectivity index (χ4n) is 3.59.